The van der Waals surface area contributed by atoms with Crippen LogP contribution in [0.4, 0.5) is 5.13 Å². The van der Waals surface area contributed by atoms with E-state index in [1.807, 2.05) is 0 Å². The Balaban J connectivity index is 1.87. The van der Waals surface area contributed by atoms with Crippen LogP contribution in [0.3, 0.4) is 0 Å². The zero-order valence-corrected chi connectivity index (χ0v) is 10.00. The standard InChI is InChI=1S/C10H15N3O2S/c1-15-9(14)7-2-3-13(5-7)6-8-4-12-10(11)16-8/h4,7H,2-3,5-6H2,1H3,(H2,11,12). The monoisotopic (exact) mass is 241 g/mol. The first-order valence-electron chi connectivity index (χ1n) is 5.19. The van der Waals surface area contributed by atoms with Gasteiger partial charge in [0.05, 0.1) is 13.0 Å². The summed E-state index contributed by atoms with van der Waals surface area (Å²) in [5, 5.41) is 0.596. The Hall–Kier alpha value is -1.14. The number of hydrogen-bond donors (Lipinski definition) is 1. The van der Waals surface area contributed by atoms with Crippen molar-refractivity contribution in [3.05, 3.63) is 11.1 Å². The predicted octanol–water partition coefficient (Wildman–Crippen LogP) is 0.720. The van der Waals surface area contributed by atoms with E-state index in [0.717, 1.165) is 30.9 Å². The first-order valence-corrected chi connectivity index (χ1v) is 6.01. The van der Waals surface area contributed by atoms with Gasteiger partial charge in [-0.15, -0.1) is 11.3 Å². The second kappa shape index (κ2) is 4.80. The molecule has 0 spiro atoms. The van der Waals surface area contributed by atoms with Gasteiger partial charge in [0.25, 0.3) is 0 Å². The number of methoxy groups -OCH3 is 1. The largest absolute Gasteiger partial charge is 0.469 e. The molecule has 1 aliphatic heterocycles. The van der Waals surface area contributed by atoms with Crippen molar-refractivity contribution in [1.82, 2.24) is 9.88 Å². The molecule has 1 unspecified atom stereocenters. The van der Waals surface area contributed by atoms with E-state index in [1.165, 1.54) is 18.4 Å². The average Bonchev–Trinajstić information content (AvgIpc) is 2.87. The Labute approximate surface area is 98.2 Å². The van der Waals surface area contributed by atoms with E-state index in [9.17, 15) is 4.79 Å². The molecule has 1 atom stereocenters. The lowest BCUT2D eigenvalue weighted by molar-refractivity contribution is -0.144. The Bertz CT molecular complexity index is 380. The van der Waals surface area contributed by atoms with Gasteiger partial charge in [0.15, 0.2) is 5.13 Å². The zero-order chi connectivity index (χ0) is 11.5. The van der Waals surface area contributed by atoms with Crippen molar-refractivity contribution in [2.45, 2.75) is 13.0 Å². The molecule has 0 aliphatic carbocycles. The van der Waals surface area contributed by atoms with Gasteiger partial charge in [0, 0.05) is 24.2 Å². The highest BCUT2D eigenvalue weighted by Gasteiger charge is 2.28. The number of aromatic nitrogens is 1. The number of thiazole rings is 1. The molecule has 1 fully saturated rings. The molecule has 0 radical (unpaired) electrons. The third kappa shape index (κ3) is 2.51. The molecule has 1 aromatic heterocycles. The number of nitrogens with zero attached hydrogens (tertiary/aromatic N) is 2. The molecule has 0 saturated carbocycles. The summed E-state index contributed by atoms with van der Waals surface area (Å²) in [4.78, 5) is 18.7. The normalized spacial score (nSPS) is 21.2. The average molecular weight is 241 g/mol. The van der Waals surface area contributed by atoms with Gasteiger partial charge < -0.3 is 10.5 Å². The highest BCUT2D eigenvalue weighted by atomic mass is 32.1. The van der Waals surface area contributed by atoms with Gasteiger partial charge in [-0.2, -0.15) is 0 Å². The molecule has 1 aliphatic rings. The molecule has 1 aromatic rings. The van der Waals surface area contributed by atoms with Crippen LogP contribution in [0.25, 0.3) is 0 Å². The Morgan fingerprint density at radius 3 is 3.25 bits per heavy atom. The summed E-state index contributed by atoms with van der Waals surface area (Å²) in [6.45, 7) is 2.52. The second-order valence-corrected chi connectivity index (χ2v) is 5.06. The maximum Gasteiger partial charge on any atom is 0.310 e. The van der Waals surface area contributed by atoms with Crippen molar-refractivity contribution in [3.8, 4) is 0 Å². The van der Waals surface area contributed by atoms with Crippen LogP contribution >= 0.6 is 11.3 Å². The Morgan fingerprint density at radius 1 is 1.81 bits per heavy atom. The third-order valence-electron chi connectivity index (χ3n) is 2.76. The van der Waals surface area contributed by atoms with Gasteiger partial charge in [0.2, 0.25) is 0 Å². The second-order valence-electron chi connectivity index (χ2n) is 3.91. The molecular formula is C10H15N3O2S. The molecule has 1 saturated heterocycles. The van der Waals surface area contributed by atoms with Crippen molar-refractivity contribution >= 4 is 22.4 Å². The molecule has 2 rings (SSSR count). The lowest BCUT2D eigenvalue weighted by atomic mass is 10.1. The number of ether oxygens (including phenoxy) is 1. The summed E-state index contributed by atoms with van der Waals surface area (Å²) in [6, 6.07) is 0. The summed E-state index contributed by atoms with van der Waals surface area (Å²) < 4.78 is 4.74. The van der Waals surface area contributed by atoms with Crippen LogP contribution in [0.5, 0.6) is 0 Å². The lowest BCUT2D eigenvalue weighted by Gasteiger charge is -2.13. The molecule has 2 N–H and O–H groups in total. The number of nitrogen functional groups attached to an aromatic ring is 1. The van der Waals surface area contributed by atoms with E-state index in [1.54, 1.807) is 6.20 Å². The first-order chi connectivity index (χ1) is 7.69. The molecule has 2 heterocycles. The van der Waals surface area contributed by atoms with Gasteiger partial charge in [-0.3, -0.25) is 9.69 Å². The Kier molecular flexibility index (Phi) is 3.40. The van der Waals surface area contributed by atoms with Gasteiger partial charge in [-0.05, 0) is 13.0 Å². The van der Waals surface area contributed by atoms with E-state index >= 15 is 0 Å². The number of nitrogens with two attached hydrogens (primary N) is 1. The van der Waals surface area contributed by atoms with Crippen LogP contribution < -0.4 is 5.73 Å². The van der Waals surface area contributed by atoms with Crippen LogP contribution in [0.15, 0.2) is 6.20 Å². The quantitative estimate of drug-likeness (QED) is 0.790. The summed E-state index contributed by atoms with van der Waals surface area (Å²) in [6.07, 6.45) is 2.67. The third-order valence-corrected chi connectivity index (χ3v) is 3.57. The van der Waals surface area contributed by atoms with Crippen LogP contribution in [-0.4, -0.2) is 36.1 Å². The van der Waals surface area contributed by atoms with Crippen molar-refractivity contribution in [1.29, 1.82) is 0 Å². The smallest absolute Gasteiger partial charge is 0.310 e. The molecule has 5 nitrogen and oxygen atoms in total. The molecule has 0 bridgehead atoms. The summed E-state index contributed by atoms with van der Waals surface area (Å²) in [5.41, 5.74) is 5.56. The first kappa shape index (κ1) is 11.3. The van der Waals surface area contributed by atoms with E-state index < -0.39 is 0 Å². The Morgan fingerprint density at radius 2 is 2.62 bits per heavy atom. The number of hydrogen-bond acceptors (Lipinski definition) is 6. The van der Waals surface area contributed by atoms with Crippen molar-refractivity contribution in [2.24, 2.45) is 5.92 Å². The minimum absolute atomic E-state index is 0.0234. The maximum absolute atomic E-state index is 11.3. The highest BCUT2D eigenvalue weighted by Crippen LogP contribution is 2.22. The van der Waals surface area contributed by atoms with Crippen molar-refractivity contribution in [2.75, 3.05) is 25.9 Å². The van der Waals surface area contributed by atoms with Gasteiger partial charge >= 0.3 is 5.97 Å². The fraction of sp³-hybridized carbons (Fsp3) is 0.600. The topological polar surface area (TPSA) is 68.5 Å². The number of likely N-dealkylation sites (tertiary alicyclic amines) is 1. The summed E-state index contributed by atoms with van der Waals surface area (Å²) in [7, 11) is 1.44. The molecular weight excluding hydrogens is 226 g/mol. The highest BCUT2D eigenvalue weighted by molar-refractivity contribution is 7.15. The molecule has 16 heavy (non-hydrogen) atoms. The lowest BCUT2D eigenvalue weighted by Crippen LogP contribution is -2.23. The van der Waals surface area contributed by atoms with E-state index in [0.29, 0.717) is 5.13 Å². The number of carbonyl (C=O) groups excluding carboxylic acids is 1. The summed E-state index contributed by atoms with van der Waals surface area (Å²) in [5.74, 6) is -0.0819. The van der Waals surface area contributed by atoms with Crippen molar-refractivity contribution in [3.63, 3.8) is 0 Å². The molecule has 0 aromatic carbocycles. The van der Waals surface area contributed by atoms with Crippen LogP contribution in [0, 0.1) is 5.92 Å². The van der Waals surface area contributed by atoms with E-state index in [4.69, 9.17) is 10.5 Å². The van der Waals surface area contributed by atoms with Crippen LogP contribution in [0.1, 0.15) is 11.3 Å². The zero-order valence-electron chi connectivity index (χ0n) is 9.18. The van der Waals surface area contributed by atoms with Gasteiger partial charge in [-0.25, -0.2) is 4.98 Å². The number of anilines is 1. The maximum atomic E-state index is 11.3. The molecule has 88 valence electrons. The SMILES string of the molecule is COC(=O)C1CCN(Cc2cnc(N)s2)C1. The summed E-state index contributed by atoms with van der Waals surface area (Å²) >= 11 is 1.50. The fourth-order valence-electron chi connectivity index (χ4n) is 1.95. The minimum atomic E-state index is -0.105. The van der Waals surface area contributed by atoms with Crippen LogP contribution in [0.2, 0.25) is 0 Å². The van der Waals surface area contributed by atoms with Crippen molar-refractivity contribution < 1.29 is 9.53 Å². The molecule has 6 heteroatoms. The van der Waals surface area contributed by atoms with Crippen LogP contribution in [-0.2, 0) is 16.1 Å². The van der Waals surface area contributed by atoms with E-state index in [-0.39, 0.29) is 11.9 Å². The number of esters is 1. The predicted molar refractivity (Wildman–Crippen MR) is 61.9 cm³/mol. The number of carbonyl (C=O) groups is 1. The number of rotatable bonds is 3. The van der Waals surface area contributed by atoms with Gasteiger partial charge in [-0.1, -0.05) is 0 Å². The molecule has 0 amide bonds. The van der Waals surface area contributed by atoms with E-state index in [2.05, 4.69) is 9.88 Å². The van der Waals surface area contributed by atoms with Gasteiger partial charge in [0.1, 0.15) is 0 Å². The minimum Gasteiger partial charge on any atom is -0.469 e. The fourth-order valence-corrected chi connectivity index (χ4v) is 2.68.